The number of fused-ring (bicyclic) bond motifs is 2. The molecule has 1 fully saturated rings. The van der Waals surface area contributed by atoms with E-state index in [-0.39, 0.29) is 0 Å². The van der Waals surface area contributed by atoms with Gasteiger partial charge in [-0.05, 0) is 60.4 Å². The number of rotatable bonds is 2. The number of benzene rings is 2. The molecule has 5 rings (SSSR count). The average molecular weight is 292 g/mol. The molecular formula is C20H24N2. The van der Waals surface area contributed by atoms with Gasteiger partial charge in [-0.3, -0.25) is 4.90 Å². The lowest BCUT2D eigenvalue weighted by Gasteiger charge is -2.42. The second-order valence-corrected chi connectivity index (χ2v) is 6.95. The SMILES string of the molecule is Nc1ccc(CN2C[C@H]3CC[C@@H]2Cc2ccccc2C3)cc1. The molecule has 0 radical (unpaired) electrons. The van der Waals surface area contributed by atoms with Gasteiger partial charge in [0.1, 0.15) is 0 Å². The van der Waals surface area contributed by atoms with Crippen molar-refractivity contribution in [3.05, 3.63) is 65.2 Å². The zero-order chi connectivity index (χ0) is 14.9. The van der Waals surface area contributed by atoms with Gasteiger partial charge in [-0.25, -0.2) is 0 Å². The molecule has 22 heavy (non-hydrogen) atoms. The summed E-state index contributed by atoms with van der Waals surface area (Å²) in [6.07, 6.45) is 5.18. The van der Waals surface area contributed by atoms with E-state index in [0.717, 1.165) is 18.2 Å². The fourth-order valence-electron chi connectivity index (χ4n) is 4.15. The summed E-state index contributed by atoms with van der Waals surface area (Å²) < 4.78 is 0. The van der Waals surface area contributed by atoms with Gasteiger partial charge in [0.15, 0.2) is 0 Å². The minimum atomic E-state index is 0.690. The van der Waals surface area contributed by atoms with Gasteiger partial charge < -0.3 is 5.73 Å². The van der Waals surface area contributed by atoms with Gasteiger partial charge in [-0.1, -0.05) is 36.4 Å². The maximum absolute atomic E-state index is 5.81. The molecule has 0 saturated carbocycles. The second kappa shape index (κ2) is 5.77. The molecule has 0 aromatic heterocycles. The molecule has 2 heteroatoms. The van der Waals surface area contributed by atoms with E-state index >= 15 is 0 Å². The van der Waals surface area contributed by atoms with Crippen molar-refractivity contribution in [3.63, 3.8) is 0 Å². The Kier molecular flexibility index (Phi) is 3.63. The number of nitrogens with two attached hydrogens (primary N) is 1. The second-order valence-electron chi connectivity index (χ2n) is 6.95. The molecule has 0 amide bonds. The van der Waals surface area contributed by atoms with Gasteiger partial charge in [-0.15, -0.1) is 0 Å². The Bertz CT molecular complexity index is 647. The fraction of sp³-hybridized carbons (Fsp3) is 0.400. The summed E-state index contributed by atoms with van der Waals surface area (Å²) in [6, 6.07) is 18.1. The molecule has 2 N–H and O–H groups in total. The molecule has 3 aliphatic rings. The molecule has 1 saturated heterocycles. The van der Waals surface area contributed by atoms with Crippen molar-refractivity contribution in [2.24, 2.45) is 5.92 Å². The number of hydrogen-bond donors (Lipinski definition) is 1. The molecular weight excluding hydrogens is 268 g/mol. The van der Waals surface area contributed by atoms with Crippen LogP contribution < -0.4 is 5.73 Å². The monoisotopic (exact) mass is 292 g/mol. The van der Waals surface area contributed by atoms with Crippen molar-refractivity contribution in [2.75, 3.05) is 12.3 Å². The third-order valence-electron chi connectivity index (χ3n) is 5.37. The Hall–Kier alpha value is -1.80. The van der Waals surface area contributed by atoms with E-state index < -0.39 is 0 Å². The molecule has 0 unspecified atom stereocenters. The van der Waals surface area contributed by atoms with Crippen molar-refractivity contribution < 1.29 is 0 Å². The fourth-order valence-corrected chi connectivity index (χ4v) is 4.15. The predicted octanol–water partition coefficient (Wildman–Crippen LogP) is 3.65. The Morgan fingerprint density at radius 1 is 0.909 bits per heavy atom. The zero-order valence-corrected chi connectivity index (χ0v) is 13.0. The van der Waals surface area contributed by atoms with E-state index in [0.29, 0.717) is 6.04 Å². The molecule has 114 valence electrons. The van der Waals surface area contributed by atoms with Crippen LogP contribution in [0.2, 0.25) is 0 Å². The Balaban J connectivity index is 1.57. The molecule has 2 nitrogen and oxygen atoms in total. The van der Waals surface area contributed by atoms with Crippen molar-refractivity contribution >= 4 is 5.69 Å². The van der Waals surface area contributed by atoms with E-state index in [2.05, 4.69) is 41.3 Å². The van der Waals surface area contributed by atoms with Crippen LogP contribution in [-0.4, -0.2) is 17.5 Å². The quantitative estimate of drug-likeness (QED) is 0.856. The lowest BCUT2D eigenvalue weighted by Crippen LogP contribution is -2.46. The largest absolute Gasteiger partial charge is 0.399 e. The predicted molar refractivity (Wildman–Crippen MR) is 91.6 cm³/mol. The normalized spacial score (nSPS) is 24.5. The van der Waals surface area contributed by atoms with Crippen LogP contribution in [0.5, 0.6) is 0 Å². The molecule has 2 atom stereocenters. The van der Waals surface area contributed by atoms with Gasteiger partial charge >= 0.3 is 0 Å². The first-order valence-electron chi connectivity index (χ1n) is 8.43. The summed E-state index contributed by atoms with van der Waals surface area (Å²) in [5.74, 6) is 0.812. The van der Waals surface area contributed by atoms with Crippen LogP contribution >= 0.6 is 0 Å². The Morgan fingerprint density at radius 2 is 1.64 bits per heavy atom. The topological polar surface area (TPSA) is 29.3 Å². The maximum atomic E-state index is 5.81. The standard InChI is InChI=1S/C20H24N2/c21-19-8-5-15(6-9-19)13-22-14-16-7-10-20(22)12-18-4-2-1-3-17(18)11-16/h1-6,8-9,16,20H,7,10-14,21H2/t16-,20+/m0/s1. The number of hydrogen-bond acceptors (Lipinski definition) is 2. The van der Waals surface area contributed by atoms with E-state index in [1.165, 1.54) is 37.8 Å². The minimum absolute atomic E-state index is 0.690. The Morgan fingerprint density at radius 3 is 2.41 bits per heavy atom. The van der Waals surface area contributed by atoms with Crippen LogP contribution in [0.1, 0.15) is 29.5 Å². The van der Waals surface area contributed by atoms with Gasteiger partial charge in [0.2, 0.25) is 0 Å². The van der Waals surface area contributed by atoms with Crippen LogP contribution in [0.25, 0.3) is 0 Å². The molecule has 2 aliphatic heterocycles. The highest BCUT2D eigenvalue weighted by molar-refractivity contribution is 5.39. The smallest absolute Gasteiger partial charge is 0.0314 e. The summed E-state index contributed by atoms with van der Waals surface area (Å²) in [6.45, 7) is 2.30. The summed E-state index contributed by atoms with van der Waals surface area (Å²) >= 11 is 0. The molecule has 2 aromatic carbocycles. The van der Waals surface area contributed by atoms with Crippen LogP contribution in [0, 0.1) is 5.92 Å². The lowest BCUT2D eigenvalue weighted by molar-refractivity contribution is 0.0938. The van der Waals surface area contributed by atoms with E-state index in [4.69, 9.17) is 5.73 Å². The third-order valence-corrected chi connectivity index (χ3v) is 5.37. The average Bonchev–Trinajstić information content (AvgIpc) is 2.50. The van der Waals surface area contributed by atoms with Crippen LogP contribution in [0.15, 0.2) is 48.5 Å². The number of piperidine rings is 1. The van der Waals surface area contributed by atoms with Crippen LogP contribution in [0.4, 0.5) is 5.69 Å². The van der Waals surface area contributed by atoms with Crippen molar-refractivity contribution in [1.82, 2.24) is 4.90 Å². The molecule has 2 bridgehead atoms. The highest BCUT2D eigenvalue weighted by Crippen LogP contribution is 2.33. The summed E-state index contributed by atoms with van der Waals surface area (Å²) in [7, 11) is 0. The zero-order valence-electron chi connectivity index (χ0n) is 13.0. The van der Waals surface area contributed by atoms with Crippen LogP contribution in [-0.2, 0) is 19.4 Å². The van der Waals surface area contributed by atoms with E-state index in [1.807, 2.05) is 12.1 Å². The summed E-state index contributed by atoms with van der Waals surface area (Å²) in [4.78, 5) is 2.70. The number of nitrogens with zero attached hydrogens (tertiary/aromatic N) is 1. The van der Waals surface area contributed by atoms with E-state index in [9.17, 15) is 0 Å². The number of anilines is 1. The first-order valence-corrected chi connectivity index (χ1v) is 8.43. The molecule has 2 heterocycles. The van der Waals surface area contributed by atoms with Crippen molar-refractivity contribution in [2.45, 2.75) is 38.3 Å². The van der Waals surface area contributed by atoms with Crippen molar-refractivity contribution in [1.29, 1.82) is 0 Å². The molecule has 0 spiro atoms. The first-order chi connectivity index (χ1) is 10.8. The minimum Gasteiger partial charge on any atom is -0.399 e. The summed E-state index contributed by atoms with van der Waals surface area (Å²) in [5, 5.41) is 0. The van der Waals surface area contributed by atoms with Crippen molar-refractivity contribution in [3.8, 4) is 0 Å². The number of nitrogen functional groups attached to an aromatic ring is 1. The summed E-state index contributed by atoms with van der Waals surface area (Å²) in [5.41, 5.74) is 11.2. The van der Waals surface area contributed by atoms with Gasteiger partial charge in [-0.2, -0.15) is 0 Å². The maximum Gasteiger partial charge on any atom is 0.0314 e. The highest BCUT2D eigenvalue weighted by atomic mass is 15.2. The molecule has 2 aromatic rings. The van der Waals surface area contributed by atoms with E-state index in [1.54, 1.807) is 11.1 Å². The van der Waals surface area contributed by atoms with Gasteiger partial charge in [0.05, 0.1) is 0 Å². The Labute approximate surface area is 132 Å². The van der Waals surface area contributed by atoms with Crippen LogP contribution in [0.3, 0.4) is 0 Å². The lowest BCUT2D eigenvalue weighted by atomic mass is 9.80. The highest BCUT2D eigenvalue weighted by Gasteiger charge is 2.31. The van der Waals surface area contributed by atoms with Gasteiger partial charge in [0, 0.05) is 24.8 Å². The van der Waals surface area contributed by atoms with Gasteiger partial charge in [0.25, 0.3) is 0 Å². The molecule has 1 aliphatic carbocycles. The first kappa shape index (κ1) is 13.8. The third kappa shape index (κ3) is 2.76.